The summed E-state index contributed by atoms with van der Waals surface area (Å²) < 4.78 is 5.39. The zero-order valence-corrected chi connectivity index (χ0v) is 13.9. The number of hydrogen-bond donors (Lipinski definition) is 1. The summed E-state index contributed by atoms with van der Waals surface area (Å²) in [6, 6.07) is 6.00. The Morgan fingerprint density at radius 2 is 2.21 bits per heavy atom. The molecule has 0 aromatic heterocycles. The number of rotatable bonds is 5. The van der Waals surface area contributed by atoms with Crippen molar-refractivity contribution in [3.8, 4) is 0 Å². The summed E-state index contributed by atoms with van der Waals surface area (Å²) in [7, 11) is 0. The molecule has 0 bridgehead atoms. The SMILES string of the molecule is CCC(C)OC(=O)C1=C(C)NC(=O)CC1c1cccc([N+](=O)[O-])c1. The van der Waals surface area contributed by atoms with Gasteiger partial charge in [-0.2, -0.15) is 0 Å². The lowest BCUT2D eigenvalue weighted by Gasteiger charge is -2.27. The Hall–Kier alpha value is -2.70. The maximum Gasteiger partial charge on any atom is 0.336 e. The molecule has 7 nitrogen and oxygen atoms in total. The van der Waals surface area contributed by atoms with Gasteiger partial charge in [0.2, 0.25) is 5.91 Å². The fraction of sp³-hybridized carbons (Fsp3) is 0.412. The van der Waals surface area contributed by atoms with Gasteiger partial charge in [-0.25, -0.2) is 4.79 Å². The van der Waals surface area contributed by atoms with E-state index in [1.54, 1.807) is 26.0 Å². The van der Waals surface area contributed by atoms with E-state index in [1.807, 2.05) is 6.92 Å². The van der Waals surface area contributed by atoms with Gasteiger partial charge in [-0.3, -0.25) is 14.9 Å². The fourth-order valence-electron chi connectivity index (χ4n) is 2.64. The lowest BCUT2D eigenvalue weighted by Crippen LogP contribution is -2.34. The number of carbonyl (C=O) groups is 2. The molecule has 2 unspecified atom stereocenters. The summed E-state index contributed by atoms with van der Waals surface area (Å²) in [6.45, 7) is 5.33. The van der Waals surface area contributed by atoms with Crippen LogP contribution in [0.2, 0.25) is 0 Å². The van der Waals surface area contributed by atoms with Crippen LogP contribution < -0.4 is 5.32 Å². The monoisotopic (exact) mass is 332 g/mol. The van der Waals surface area contributed by atoms with Crippen molar-refractivity contribution < 1.29 is 19.2 Å². The molecule has 1 heterocycles. The number of nitrogens with zero attached hydrogens (tertiary/aromatic N) is 1. The molecule has 1 aromatic carbocycles. The van der Waals surface area contributed by atoms with E-state index in [0.717, 1.165) is 0 Å². The van der Waals surface area contributed by atoms with Crippen LogP contribution in [0, 0.1) is 10.1 Å². The third-order valence-electron chi connectivity index (χ3n) is 4.06. The number of esters is 1. The van der Waals surface area contributed by atoms with Gasteiger partial charge < -0.3 is 10.1 Å². The van der Waals surface area contributed by atoms with Gasteiger partial charge in [-0.05, 0) is 25.8 Å². The van der Waals surface area contributed by atoms with Crippen molar-refractivity contribution in [1.82, 2.24) is 5.32 Å². The summed E-state index contributed by atoms with van der Waals surface area (Å²) in [5.74, 6) is -1.29. The number of nitro benzene ring substituents is 1. The first-order chi connectivity index (χ1) is 11.3. The van der Waals surface area contributed by atoms with Crippen molar-refractivity contribution in [2.45, 2.75) is 45.6 Å². The van der Waals surface area contributed by atoms with Crippen molar-refractivity contribution in [3.63, 3.8) is 0 Å². The minimum absolute atomic E-state index is 0.0451. The van der Waals surface area contributed by atoms with Crippen LogP contribution in [-0.4, -0.2) is 22.9 Å². The second kappa shape index (κ2) is 7.25. The summed E-state index contributed by atoms with van der Waals surface area (Å²) in [5, 5.41) is 13.6. The standard InChI is InChI=1S/C17H20N2O5/c1-4-10(2)24-17(21)16-11(3)18-15(20)9-14(16)12-6-5-7-13(8-12)19(22)23/h5-8,10,14H,4,9H2,1-3H3,(H,18,20). The van der Waals surface area contributed by atoms with Crippen molar-refractivity contribution in [3.05, 3.63) is 51.2 Å². The second-order valence-corrected chi connectivity index (χ2v) is 5.82. The van der Waals surface area contributed by atoms with Crippen LogP contribution in [-0.2, 0) is 14.3 Å². The maximum atomic E-state index is 12.5. The number of non-ortho nitro benzene ring substituents is 1. The number of benzene rings is 1. The fourth-order valence-corrected chi connectivity index (χ4v) is 2.64. The van der Waals surface area contributed by atoms with Crippen LogP contribution in [0.25, 0.3) is 0 Å². The highest BCUT2D eigenvalue weighted by Gasteiger charge is 2.33. The molecule has 1 amide bonds. The molecule has 1 N–H and O–H groups in total. The highest BCUT2D eigenvalue weighted by Crippen LogP contribution is 2.35. The Labute approximate surface area is 139 Å². The molecule has 1 aromatic rings. The highest BCUT2D eigenvalue weighted by molar-refractivity contribution is 5.95. The van der Waals surface area contributed by atoms with E-state index in [0.29, 0.717) is 23.3 Å². The molecule has 2 atom stereocenters. The zero-order chi connectivity index (χ0) is 17.9. The number of allylic oxidation sites excluding steroid dienone is 1. The largest absolute Gasteiger partial charge is 0.459 e. The smallest absolute Gasteiger partial charge is 0.336 e. The molecule has 0 fully saturated rings. The van der Waals surface area contributed by atoms with E-state index in [2.05, 4.69) is 5.32 Å². The summed E-state index contributed by atoms with van der Waals surface area (Å²) >= 11 is 0. The highest BCUT2D eigenvalue weighted by atomic mass is 16.6. The van der Waals surface area contributed by atoms with Crippen LogP contribution in [0.3, 0.4) is 0 Å². The number of nitrogens with one attached hydrogen (secondary N) is 1. The number of ether oxygens (including phenoxy) is 1. The quantitative estimate of drug-likeness (QED) is 0.508. The second-order valence-electron chi connectivity index (χ2n) is 5.82. The average Bonchev–Trinajstić information content (AvgIpc) is 2.53. The van der Waals surface area contributed by atoms with E-state index in [9.17, 15) is 19.7 Å². The van der Waals surface area contributed by atoms with E-state index < -0.39 is 16.8 Å². The van der Waals surface area contributed by atoms with Crippen molar-refractivity contribution in [2.75, 3.05) is 0 Å². The van der Waals surface area contributed by atoms with Crippen LogP contribution in [0.15, 0.2) is 35.5 Å². The van der Waals surface area contributed by atoms with Crippen molar-refractivity contribution >= 4 is 17.6 Å². The van der Waals surface area contributed by atoms with E-state index >= 15 is 0 Å². The lowest BCUT2D eigenvalue weighted by atomic mass is 9.84. The summed E-state index contributed by atoms with van der Waals surface area (Å²) in [4.78, 5) is 34.9. The van der Waals surface area contributed by atoms with Crippen LogP contribution in [0.5, 0.6) is 0 Å². The predicted octanol–water partition coefficient (Wildman–Crippen LogP) is 2.81. The molecular formula is C17H20N2O5. The maximum absolute atomic E-state index is 12.5. The molecule has 0 spiro atoms. The van der Waals surface area contributed by atoms with Gasteiger partial charge in [0.1, 0.15) is 0 Å². The number of carbonyl (C=O) groups excluding carboxylic acids is 2. The Bertz CT molecular complexity index is 711. The first-order valence-electron chi connectivity index (χ1n) is 7.79. The minimum Gasteiger partial charge on any atom is -0.459 e. The van der Waals surface area contributed by atoms with Crippen LogP contribution >= 0.6 is 0 Å². The topological polar surface area (TPSA) is 98.5 Å². The van der Waals surface area contributed by atoms with Crippen LogP contribution in [0.4, 0.5) is 5.69 Å². The van der Waals surface area contributed by atoms with Crippen molar-refractivity contribution in [1.29, 1.82) is 0 Å². The van der Waals surface area contributed by atoms with E-state index in [4.69, 9.17) is 4.74 Å². The van der Waals surface area contributed by atoms with Gasteiger partial charge in [0.15, 0.2) is 0 Å². The molecular weight excluding hydrogens is 312 g/mol. The molecule has 1 aliphatic rings. The minimum atomic E-state index is -0.560. The van der Waals surface area contributed by atoms with Gasteiger partial charge in [0, 0.05) is 30.2 Å². The molecule has 0 radical (unpaired) electrons. The molecule has 1 aliphatic heterocycles. The number of nitro groups is 1. The molecule has 0 saturated carbocycles. The zero-order valence-electron chi connectivity index (χ0n) is 13.9. The van der Waals surface area contributed by atoms with Gasteiger partial charge in [0.25, 0.3) is 5.69 Å². The molecule has 24 heavy (non-hydrogen) atoms. The summed E-state index contributed by atoms with van der Waals surface area (Å²) in [5.41, 5.74) is 1.24. The normalized spacial score (nSPS) is 18.8. The summed E-state index contributed by atoms with van der Waals surface area (Å²) in [6.07, 6.45) is 0.469. The predicted molar refractivity (Wildman–Crippen MR) is 87.1 cm³/mol. The Morgan fingerprint density at radius 1 is 1.50 bits per heavy atom. The Morgan fingerprint density at radius 3 is 2.83 bits per heavy atom. The van der Waals surface area contributed by atoms with Gasteiger partial charge >= 0.3 is 5.97 Å². The van der Waals surface area contributed by atoms with Crippen molar-refractivity contribution in [2.24, 2.45) is 0 Å². The lowest BCUT2D eigenvalue weighted by molar-refractivity contribution is -0.384. The average molecular weight is 332 g/mol. The third-order valence-corrected chi connectivity index (χ3v) is 4.06. The molecule has 0 saturated heterocycles. The molecule has 0 aliphatic carbocycles. The Kier molecular flexibility index (Phi) is 5.33. The molecule has 7 heteroatoms. The van der Waals surface area contributed by atoms with Gasteiger partial charge in [0.05, 0.1) is 16.6 Å². The van der Waals surface area contributed by atoms with Crippen LogP contribution in [0.1, 0.15) is 45.1 Å². The Balaban J connectivity index is 2.43. The molecule has 128 valence electrons. The first kappa shape index (κ1) is 17.7. The third kappa shape index (κ3) is 3.79. The van der Waals surface area contributed by atoms with Gasteiger partial charge in [-0.15, -0.1) is 0 Å². The number of amides is 1. The first-order valence-corrected chi connectivity index (χ1v) is 7.79. The molecule has 2 rings (SSSR count). The van der Waals surface area contributed by atoms with E-state index in [-0.39, 0.29) is 24.1 Å². The van der Waals surface area contributed by atoms with E-state index in [1.165, 1.54) is 12.1 Å². The van der Waals surface area contributed by atoms with Gasteiger partial charge in [-0.1, -0.05) is 19.1 Å². The number of hydrogen-bond acceptors (Lipinski definition) is 5.